The summed E-state index contributed by atoms with van der Waals surface area (Å²) in [6.45, 7) is 0. The third kappa shape index (κ3) is 3.64. The van der Waals surface area contributed by atoms with Crippen LogP contribution < -0.4 is 11.1 Å². The molecular weight excluding hydrogens is 284 g/mol. The Morgan fingerprint density at radius 3 is 2.40 bits per heavy atom. The molecule has 0 spiro atoms. The third-order valence-electron chi connectivity index (χ3n) is 3.25. The van der Waals surface area contributed by atoms with Crippen molar-refractivity contribution in [1.29, 1.82) is 0 Å². The first-order valence-electron chi connectivity index (χ1n) is 6.20. The molecule has 1 aliphatic carbocycles. The van der Waals surface area contributed by atoms with Gasteiger partial charge >= 0.3 is 5.97 Å². The molecule has 0 radical (unpaired) electrons. The summed E-state index contributed by atoms with van der Waals surface area (Å²) in [5.74, 6) is -1.81. The average Bonchev–Trinajstić information content (AvgIpc) is 2.41. The summed E-state index contributed by atoms with van der Waals surface area (Å²) in [5, 5.41) is 11.7. The lowest BCUT2D eigenvalue weighted by molar-refractivity contribution is 0.0682. The summed E-state index contributed by atoms with van der Waals surface area (Å²) in [6, 6.07) is -0.229. The van der Waals surface area contributed by atoms with E-state index in [1.165, 1.54) is 12.4 Å². The minimum atomic E-state index is -1.27. The Morgan fingerprint density at radius 2 is 1.80 bits per heavy atom. The molecule has 2 rings (SSSR count). The van der Waals surface area contributed by atoms with Crippen molar-refractivity contribution in [2.45, 2.75) is 37.8 Å². The summed E-state index contributed by atoms with van der Waals surface area (Å²) in [7, 11) is 0. The summed E-state index contributed by atoms with van der Waals surface area (Å²) >= 11 is 0. The normalized spacial score (nSPS) is 21.6. The maximum Gasteiger partial charge on any atom is 0.356 e. The number of hydrogen-bond acceptors (Lipinski definition) is 5. The number of carboxylic acid groups (broad SMARTS) is 1. The van der Waals surface area contributed by atoms with Gasteiger partial charge in [-0.3, -0.25) is 4.79 Å². The number of amides is 1. The van der Waals surface area contributed by atoms with E-state index >= 15 is 0 Å². The highest BCUT2D eigenvalue weighted by atomic mass is 35.5. The number of carbonyl (C=O) groups is 2. The molecule has 1 aromatic heterocycles. The van der Waals surface area contributed by atoms with Gasteiger partial charge in [-0.15, -0.1) is 12.4 Å². The second-order valence-corrected chi connectivity index (χ2v) is 4.59. The van der Waals surface area contributed by atoms with Gasteiger partial charge in [-0.1, -0.05) is 12.8 Å². The molecule has 1 amide bonds. The number of carboxylic acids is 1. The zero-order valence-electron chi connectivity index (χ0n) is 10.8. The lowest BCUT2D eigenvalue weighted by atomic mass is 9.91. The van der Waals surface area contributed by atoms with E-state index in [2.05, 4.69) is 15.3 Å². The molecule has 0 saturated heterocycles. The van der Waals surface area contributed by atoms with Gasteiger partial charge in [0.1, 0.15) is 0 Å². The molecule has 0 aliphatic heterocycles. The van der Waals surface area contributed by atoms with Crippen LogP contribution in [0, 0.1) is 0 Å². The van der Waals surface area contributed by atoms with Crippen LogP contribution in [-0.2, 0) is 0 Å². The molecule has 1 aliphatic rings. The molecule has 8 heteroatoms. The lowest BCUT2D eigenvalue weighted by Crippen LogP contribution is -2.49. The number of aromatic carboxylic acids is 1. The highest BCUT2D eigenvalue weighted by Crippen LogP contribution is 2.17. The molecule has 2 atom stereocenters. The molecule has 0 aromatic carbocycles. The van der Waals surface area contributed by atoms with Crippen LogP contribution >= 0.6 is 12.4 Å². The quantitative estimate of drug-likeness (QED) is 0.752. The van der Waals surface area contributed by atoms with Crippen LogP contribution in [0.1, 0.15) is 46.7 Å². The number of nitrogens with one attached hydrogen (secondary N) is 1. The van der Waals surface area contributed by atoms with Crippen LogP contribution in [0.2, 0.25) is 0 Å². The van der Waals surface area contributed by atoms with Crippen LogP contribution in [0.25, 0.3) is 0 Å². The molecule has 1 saturated carbocycles. The Morgan fingerprint density at radius 1 is 1.20 bits per heavy atom. The SMILES string of the molecule is Cl.N[C@@H]1CCCC[C@H]1NC(=O)c1nccnc1C(=O)O. The second kappa shape index (κ2) is 7.16. The number of aromatic nitrogens is 2. The summed E-state index contributed by atoms with van der Waals surface area (Å²) in [4.78, 5) is 30.5. The number of halogens is 1. The zero-order valence-corrected chi connectivity index (χ0v) is 11.6. The Labute approximate surface area is 122 Å². The molecule has 1 fully saturated rings. The highest BCUT2D eigenvalue weighted by molar-refractivity contribution is 6.02. The van der Waals surface area contributed by atoms with Crippen LogP contribution in [0.15, 0.2) is 12.4 Å². The molecule has 4 N–H and O–H groups in total. The van der Waals surface area contributed by atoms with Gasteiger partial charge in [-0.2, -0.15) is 0 Å². The van der Waals surface area contributed by atoms with E-state index in [0.29, 0.717) is 0 Å². The summed E-state index contributed by atoms with van der Waals surface area (Å²) < 4.78 is 0. The van der Waals surface area contributed by atoms with E-state index in [1.807, 2.05) is 0 Å². The van der Waals surface area contributed by atoms with Crippen molar-refractivity contribution in [1.82, 2.24) is 15.3 Å². The first kappa shape index (κ1) is 16.3. The van der Waals surface area contributed by atoms with Crippen molar-refractivity contribution >= 4 is 24.3 Å². The van der Waals surface area contributed by atoms with Gasteiger partial charge in [-0.25, -0.2) is 14.8 Å². The van der Waals surface area contributed by atoms with Gasteiger partial charge in [0, 0.05) is 24.5 Å². The summed E-state index contributed by atoms with van der Waals surface area (Å²) in [5.41, 5.74) is 5.42. The number of nitrogens with two attached hydrogens (primary N) is 1. The minimum Gasteiger partial charge on any atom is -0.476 e. The fourth-order valence-electron chi connectivity index (χ4n) is 2.24. The van der Waals surface area contributed by atoms with E-state index in [4.69, 9.17) is 10.8 Å². The van der Waals surface area contributed by atoms with E-state index in [9.17, 15) is 9.59 Å². The van der Waals surface area contributed by atoms with Gasteiger partial charge in [0.25, 0.3) is 5.91 Å². The van der Waals surface area contributed by atoms with Gasteiger partial charge < -0.3 is 16.2 Å². The fraction of sp³-hybridized carbons (Fsp3) is 0.500. The van der Waals surface area contributed by atoms with E-state index < -0.39 is 11.9 Å². The predicted octanol–water partition coefficient (Wildman–Crippen LogP) is 0.596. The molecular formula is C12H17ClN4O3. The summed E-state index contributed by atoms with van der Waals surface area (Å²) in [6.07, 6.45) is 6.26. The van der Waals surface area contributed by atoms with Crippen LogP contribution in [0.5, 0.6) is 0 Å². The molecule has 20 heavy (non-hydrogen) atoms. The molecule has 110 valence electrons. The number of hydrogen-bond donors (Lipinski definition) is 3. The maximum atomic E-state index is 12.1. The fourth-order valence-corrected chi connectivity index (χ4v) is 2.24. The van der Waals surface area contributed by atoms with Crippen molar-refractivity contribution in [3.05, 3.63) is 23.8 Å². The maximum absolute atomic E-state index is 12.1. The van der Waals surface area contributed by atoms with Crippen LogP contribution in [0.4, 0.5) is 0 Å². The second-order valence-electron chi connectivity index (χ2n) is 4.59. The molecule has 0 unspecified atom stereocenters. The molecule has 0 bridgehead atoms. The lowest BCUT2D eigenvalue weighted by Gasteiger charge is -2.29. The largest absolute Gasteiger partial charge is 0.476 e. The van der Waals surface area contributed by atoms with Crippen molar-refractivity contribution in [3.8, 4) is 0 Å². The van der Waals surface area contributed by atoms with E-state index in [0.717, 1.165) is 25.7 Å². The van der Waals surface area contributed by atoms with E-state index in [1.54, 1.807) is 0 Å². The first-order chi connectivity index (χ1) is 9.09. The molecule has 1 aromatic rings. The van der Waals surface area contributed by atoms with Crippen LogP contribution in [-0.4, -0.2) is 39.0 Å². The third-order valence-corrected chi connectivity index (χ3v) is 3.25. The Balaban J connectivity index is 0.00000200. The van der Waals surface area contributed by atoms with Gasteiger partial charge in [-0.05, 0) is 12.8 Å². The smallest absolute Gasteiger partial charge is 0.356 e. The zero-order chi connectivity index (χ0) is 13.8. The number of nitrogens with zero attached hydrogens (tertiary/aromatic N) is 2. The van der Waals surface area contributed by atoms with Gasteiger partial charge in [0.15, 0.2) is 11.4 Å². The van der Waals surface area contributed by atoms with E-state index in [-0.39, 0.29) is 35.9 Å². The molecule has 7 nitrogen and oxygen atoms in total. The van der Waals surface area contributed by atoms with Gasteiger partial charge in [0.05, 0.1) is 0 Å². The van der Waals surface area contributed by atoms with Gasteiger partial charge in [0.2, 0.25) is 0 Å². The Hall–Kier alpha value is -1.73. The highest BCUT2D eigenvalue weighted by Gasteiger charge is 2.26. The first-order valence-corrected chi connectivity index (χ1v) is 6.20. The Kier molecular flexibility index (Phi) is 5.84. The topological polar surface area (TPSA) is 118 Å². The van der Waals surface area contributed by atoms with Crippen molar-refractivity contribution in [2.24, 2.45) is 5.73 Å². The van der Waals surface area contributed by atoms with Crippen LogP contribution in [0.3, 0.4) is 0 Å². The average molecular weight is 301 g/mol. The van der Waals surface area contributed by atoms with Crippen molar-refractivity contribution in [2.75, 3.05) is 0 Å². The minimum absolute atomic E-state index is 0. The predicted molar refractivity (Wildman–Crippen MR) is 73.9 cm³/mol. The number of rotatable bonds is 3. The standard InChI is InChI=1S/C12H16N4O3.ClH/c13-7-3-1-2-4-8(7)16-11(17)9-10(12(18)19)15-6-5-14-9;/h5-8H,1-4,13H2,(H,16,17)(H,18,19);1H/t7-,8-;/m1./s1. The molecule has 1 heterocycles. The monoisotopic (exact) mass is 300 g/mol. The van der Waals surface area contributed by atoms with Crippen molar-refractivity contribution < 1.29 is 14.7 Å². The Bertz CT molecular complexity index is 497. The van der Waals surface area contributed by atoms with Crippen molar-refractivity contribution in [3.63, 3.8) is 0 Å². The number of carbonyl (C=O) groups excluding carboxylic acids is 1.